The Balaban J connectivity index is 2.64. The largest absolute Gasteiger partial charge is 0.390 e. The number of rotatable bonds is 3. The lowest BCUT2D eigenvalue weighted by molar-refractivity contribution is -0.131. The van der Waals surface area contributed by atoms with Crippen molar-refractivity contribution in [1.29, 1.82) is 5.26 Å². The van der Waals surface area contributed by atoms with Crippen LogP contribution in [0.15, 0.2) is 18.2 Å². The molecular formula is C10H8F4N2. The van der Waals surface area contributed by atoms with Crippen LogP contribution >= 0.6 is 0 Å². The van der Waals surface area contributed by atoms with E-state index in [1.54, 1.807) is 6.07 Å². The number of hydrogen-bond donors (Lipinski definition) is 1. The molecule has 0 heterocycles. The smallest absolute Gasteiger partial charge is 0.382 e. The van der Waals surface area contributed by atoms with Gasteiger partial charge in [0.15, 0.2) is 0 Å². The molecule has 0 saturated carbocycles. The molecule has 0 aromatic heterocycles. The van der Waals surface area contributed by atoms with Gasteiger partial charge in [0.05, 0.1) is 23.7 Å². The first-order valence-corrected chi connectivity index (χ1v) is 4.42. The minimum Gasteiger partial charge on any atom is -0.382 e. The zero-order valence-electron chi connectivity index (χ0n) is 8.11. The van der Waals surface area contributed by atoms with Gasteiger partial charge in [0, 0.05) is 6.54 Å². The third-order valence-corrected chi connectivity index (χ3v) is 1.82. The molecule has 0 bridgehead atoms. The highest BCUT2D eigenvalue weighted by molar-refractivity contribution is 5.50. The Morgan fingerprint density at radius 3 is 2.56 bits per heavy atom. The van der Waals surface area contributed by atoms with Gasteiger partial charge >= 0.3 is 6.18 Å². The standard InChI is InChI=1S/C10H8F4N2/c11-8-2-1-7(6-15)5-9(8)16-4-3-10(12,13)14/h1-2,5,16H,3-4H2. The summed E-state index contributed by atoms with van der Waals surface area (Å²) in [6.07, 6.45) is -5.33. The predicted octanol–water partition coefficient (Wildman–Crippen LogP) is 3.06. The molecular weight excluding hydrogens is 224 g/mol. The van der Waals surface area contributed by atoms with Crippen molar-refractivity contribution in [2.45, 2.75) is 12.6 Å². The van der Waals surface area contributed by atoms with Crippen LogP contribution in [0, 0.1) is 17.1 Å². The van der Waals surface area contributed by atoms with Crippen LogP contribution in [0.3, 0.4) is 0 Å². The van der Waals surface area contributed by atoms with E-state index in [9.17, 15) is 17.6 Å². The van der Waals surface area contributed by atoms with Crippen LogP contribution in [0.2, 0.25) is 0 Å². The van der Waals surface area contributed by atoms with Crippen LogP contribution in [0.4, 0.5) is 23.2 Å². The summed E-state index contributed by atoms with van der Waals surface area (Å²) in [5.74, 6) is -0.679. The number of anilines is 1. The van der Waals surface area contributed by atoms with Crippen LogP contribution in [0.5, 0.6) is 0 Å². The second-order valence-electron chi connectivity index (χ2n) is 3.10. The Kier molecular flexibility index (Phi) is 3.72. The van der Waals surface area contributed by atoms with E-state index in [1.807, 2.05) is 0 Å². The average Bonchev–Trinajstić information content (AvgIpc) is 2.19. The van der Waals surface area contributed by atoms with Gasteiger partial charge in [0.25, 0.3) is 0 Å². The molecule has 0 radical (unpaired) electrons. The van der Waals surface area contributed by atoms with Crippen molar-refractivity contribution in [3.8, 4) is 6.07 Å². The summed E-state index contributed by atoms with van der Waals surface area (Å²) < 4.78 is 48.5. The van der Waals surface area contributed by atoms with Crippen molar-refractivity contribution in [2.24, 2.45) is 0 Å². The van der Waals surface area contributed by atoms with Crippen molar-refractivity contribution >= 4 is 5.69 Å². The molecule has 0 atom stereocenters. The van der Waals surface area contributed by atoms with Gasteiger partial charge in [-0.05, 0) is 18.2 Å². The fourth-order valence-corrected chi connectivity index (χ4v) is 1.07. The molecule has 1 aromatic carbocycles. The predicted molar refractivity (Wildman–Crippen MR) is 50.3 cm³/mol. The van der Waals surface area contributed by atoms with Crippen molar-refractivity contribution in [2.75, 3.05) is 11.9 Å². The number of nitrogens with zero attached hydrogens (tertiary/aromatic N) is 1. The highest BCUT2D eigenvalue weighted by atomic mass is 19.4. The van der Waals surface area contributed by atoms with Gasteiger partial charge in [-0.3, -0.25) is 0 Å². The molecule has 16 heavy (non-hydrogen) atoms. The van der Waals surface area contributed by atoms with E-state index in [2.05, 4.69) is 5.32 Å². The zero-order chi connectivity index (χ0) is 12.2. The topological polar surface area (TPSA) is 35.8 Å². The summed E-state index contributed by atoms with van der Waals surface area (Å²) in [6, 6.07) is 5.24. The van der Waals surface area contributed by atoms with Crippen LogP contribution in [0.1, 0.15) is 12.0 Å². The fraction of sp³-hybridized carbons (Fsp3) is 0.300. The highest BCUT2D eigenvalue weighted by Crippen LogP contribution is 2.21. The van der Waals surface area contributed by atoms with Crippen LogP contribution < -0.4 is 5.32 Å². The molecule has 1 N–H and O–H groups in total. The number of alkyl halides is 3. The van der Waals surface area contributed by atoms with Gasteiger partial charge in [-0.15, -0.1) is 0 Å². The second-order valence-corrected chi connectivity index (χ2v) is 3.10. The number of hydrogen-bond acceptors (Lipinski definition) is 2. The summed E-state index contributed by atoms with van der Waals surface area (Å²) in [7, 11) is 0. The van der Waals surface area contributed by atoms with Gasteiger partial charge < -0.3 is 5.32 Å². The Labute approximate surface area is 89.5 Å². The molecule has 0 aliphatic rings. The fourth-order valence-electron chi connectivity index (χ4n) is 1.07. The minimum absolute atomic E-state index is 0.0942. The van der Waals surface area contributed by atoms with Gasteiger partial charge in [0.2, 0.25) is 0 Å². The van der Waals surface area contributed by atoms with E-state index >= 15 is 0 Å². The summed E-state index contributed by atoms with van der Waals surface area (Å²) >= 11 is 0. The van der Waals surface area contributed by atoms with E-state index in [-0.39, 0.29) is 11.3 Å². The summed E-state index contributed by atoms with van der Waals surface area (Å²) in [5, 5.41) is 10.8. The van der Waals surface area contributed by atoms with Gasteiger partial charge in [-0.2, -0.15) is 18.4 Å². The maximum Gasteiger partial charge on any atom is 0.390 e. The number of benzene rings is 1. The molecule has 0 saturated heterocycles. The Morgan fingerprint density at radius 2 is 2.00 bits per heavy atom. The molecule has 0 aliphatic heterocycles. The molecule has 2 nitrogen and oxygen atoms in total. The first-order chi connectivity index (χ1) is 7.42. The van der Waals surface area contributed by atoms with Gasteiger partial charge in [-0.1, -0.05) is 0 Å². The average molecular weight is 232 g/mol. The van der Waals surface area contributed by atoms with E-state index in [0.29, 0.717) is 0 Å². The molecule has 1 aromatic rings. The number of halogens is 4. The molecule has 0 aliphatic carbocycles. The van der Waals surface area contributed by atoms with E-state index in [1.165, 1.54) is 12.1 Å². The van der Waals surface area contributed by atoms with Crippen molar-refractivity contribution in [1.82, 2.24) is 0 Å². The van der Waals surface area contributed by atoms with Crippen molar-refractivity contribution in [3.05, 3.63) is 29.6 Å². The molecule has 0 fully saturated rings. The zero-order valence-corrected chi connectivity index (χ0v) is 8.11. The quantitative estimate of drug-likeness (QED) is 0.813. The third-order valence-electron chi connectivity index (χ3n) is 1.82. The minimum atomic E-state index is -4.28. The monoisotopic (exact) mass is 232 g/mol. The molecule has 6 heteroatoms. The second kappa shape index (κ2) is 4.84. The summed E-state index contributed by atoms with van der Waals surface area (Å²) in [4.78, 5) is 0. The van der Waals surface area contributed by atoms with E-state index in [0.717, 1.165) is 6.07 Å². The number of nitrogens with one attached hydrogen (secondary N) is 1. The molecule has 1 rings (SSSR count). The Morgan fingerprint density at radius 1 is 1.31 bits per heavy atom. The van der Waals surface area contributed by atoms with Gasteiger partial charge in [-0.25, -0.2) is 4.39 Å². The SMILES string of the molecule is N#Cc1ccc(F)c(NCCC(F)(F)F)c1. The Hall–Kier alpha value is -1.77. The molecule has 0 unspecified atom stereocenters. The molecule has 0 spiro atoms. The van der Waals surface area contributed by atoms with Crippen LogP contribution in [-0.2, 0) is 0 Å². The lowest BCUT2D eigenvalue weighted by Crippen LogP contribution is -2.15. The van der Waals surface area contributed by atoms with E-state index in [4.69, 9.17) is 5.26 Å². The van der Waals surface area contributed by atoms with E-state index < -0.39 is 25.0 Å². The number of nitriles is 1. The molecule has 0 amide bonds. The summed E-state index contributed by atoms with van der Waals surface area (Å²) in [5.41, 5.74) is 0.0965. The third kappa shape index (κ3) is 3.77. The normalized spacial score (nSPS) is 10.9. The van der Waals surface area contributed by atoms with Crippen molar-refractivity contribution in [3.63, 3.8) is 0 Å². The lowest BCUT2D eigenvalue weighted by atomic mass is 10.2. The summed E-state index contributed by atoms with van der Waals surface area (Å²) in [6.45, 7) is -0.421. The van der Waals surface area contributed by atoms with Crippen molar-refractivity contribution < 1.29 is 17.6 Å². The molecule has 86 valence electrons. The van der Waals surface area contributed by atoms with Crippen LogP contribution in [0.25, 0.3) is 0 Å². The first kappa shape index (κ1) is 12.3. The van der Waals surface area contributed by atoms with Crippen LogP contribution in [-0.4, -0.2) is 12.7 Å². The van der Waals surface area contributed by atoms with Gasteiger partial charge in [0.1, 0.15) is 5.82 Å². The maximum atomic E-state index is 13.1. The first-order valence-electron chi connectivity index (χ1n) is 4.42. The lowest BCUT2D eigenvalue weighted by Gasteiger charge is -2.09. The Bertz CT molecular complexity index is 406. The maximum absolute atomic E-state index is 13.1. The highest BCUT2D eigenvalue weighted by Gasteiger charge is 2.26.